The van der Waals surface area contributed by atoms with Gasteiger partial charge < -0.3 is 15.0 Å². The molecule has 0 saturated carbocycles. The van der Waals surface area contributed by atoms with Gasteiger partial charge in [-0.1, -0.05) is 30.3 Å². The quantitative estimate of drug-likeness (QED) is 0.446. The van der Waals surface area contributed by atoms with E-state index >= 15 is 0 Å². The standard InChI is InChI=1S/C20H34N4O/c1-4-21-20(22-11-8-16-25-18(2)3)24-14-12-23(13-15-24)17-19-9-6-5-7-10-19/h5-7,9-10,18H,4,8,11-17H2,1-3H3,(H,21,22). The van der Waals surface area contributed by atoms with Gasteiger partial charge in [0.2, 0.25) is 0 Å². The van der Waals surface area contributed by atoms with Crippen molar-refractivity contribution in [2.45, 2.75) is 39.8 Å². The summed E-state index contributed by atoms with van der Waals surface area (Å²) in [6.45, 7) is 14.0. The van der Waals surface area contributed by atoms with E-state index in [-0.39, 0.29) is 0 Å². The predicted octanol–water partition coefficient (Wildman–Crippen LogP) is 2.58. The molecule has 0 bridgehead atoms. The molecule has 1 aliphatic rings. The van der Waals surface area contributed by atoms with Gasteiger partial charge in [0.1, 0.15) is 0 Å². The van der Waals surface area contributed by atoms with Gasteiger partial charge in [0.15, 0.2) is 5.96 Å². The van der Waals surface area contributed by atoms with Crippen LogP contribution < -0.4 is 5.32 Å². The minimum absolute atomic E-state index is 0.301. The highest BCUT2D eigenvalue weighted by Gasteiger charge is 2.19. The summed E-state index contributed by atoms with van der Waals surface area (Å²) in [6.07, 6.45) is 1.27. The second-order valence-electron chi connectivity index (χ2n) is 6.76. The van der Waals surface area contributed by atoms with E-state index in [4.69, 9.17) is 9.73 Å². The Kier molecular flexibility index (Phi) is 8.77. The maximum Gasteiger partial charge on any atom is 0.194 e. The maximum absolute atomic E-state index is 5.59. The maximum atomic E-state index is 5.59. The van der Waals surface area contributed by atoms with Gasteiger partial charge in [-0.3, -0.25) is 9.89 Å². The van der Waals surface area contributed by atoms with Crippen LogP contribution in [0.1, 0.15) is 32.8 Å². The summed E-state index contributed by atoms with van der Waals surface area (Å²) < 4.78 is 5.59. The summed E-state index contributed by atoms with van der Waals surface area (Å²) in [5.41, 5.74) is 1.39. The van der Waals surface area contributed by atoms with Crippen LogP contribution in [0.3, 0.4) is 0 Å². The third-order valence-electron chi connectivity index (χ3n) is 4.27. The predicted molar refractivity (Wildman–Crippen MR) is 105 cm³/mol. The average Bonchev–Trinajstić information content (AvgIpc) is 2.62. The minimum Gasteiger partial charge on any atom is -0.379 e. The second kappa shape index (κ2) is 11.1. The van der Waals surface area contributed by atoms with Crippen molar-refractivity contribution in [2.75, 3.05) is 45.9 Å². The molecule has 5 heteroatoms. The molecule has 1 heterocycles. The zero-order valence-corrected chi connectivity index (χ0v) is 16.1. The van der Waals surface area contributed by atoms with E-state index in [1.165, 1.54) is 5.56 Å². The highest BCUT2D eigenvalue weighted by molar-refractivity contribution is 5.80. The number of piperazine rings is 1. The highest BCUT2D eigenvalue weighted by atomic mass is 16.5. The number of hydrogen-bond acceptors (Lipinski definition) is 3. The molecule has 1 aromatic rings. The van der Waals surface area contributed by atoms with Crippen LogP contribution >= 0.6 is 0 Å². The Bertz CT molecular complexity index is 496. The molecule has 140 valence electrons. The van der Waals surface area contributed by atoms with Gasteiger partial charge in [0.05, 0.1) is 6.10 Å². The zero-order chi connectivity index (χ0) is 17.9. The Morgan fingerprint density at radius 1 is 1.16 bits per heavy atom. The van der Waals surface area contributed by atoms with Crippen molar-refractivity contribution < 1.29 is 4.74 Å². The van der Waals surface area contributed by atoms with Crippen LogP contribution in [0.4, 0.5) is 0 Å². The third kappa shape index (κ3) is 7.45. The Morgan fingerprint density at radius 3 is 2.52 bits per heavy atom. The second-order valence-corrected chi connectivity index (χ2v) is 6.76. The highest BCUT2D eigenvalue weighted by Crippen LogP contribution is 2.08. The number of benzene rings is 1. The summed E-state index contributed by atoms with van der Waals surface area (Å²) in [6, 6.07) is 10.7. The Labute approximate surface area is 153 Å². The average molecular weight is 347 g/mol. The Hall–Kier alpha value is -1.59. The van der Waals surface area contributed by atoms with Crippen LogP contribution in [-0.4, -0.2) is 67.7 Å². The summed E-state index contributed by atoms with van der Waals surface area (Å²) in [7, 11) is 0. The van der Waals surface area contributed by atoms with Gasteiger partial charge in [0.25, 0.3) is 0 Å². The van der Waals surface area contributed by atoms with Gasteiger partial charge in [0, 0.05) is 52.4 Å². The van der Waals surface area contributed by atoms with Crippen LogP contribution in [0.25, 0.3) is 0 Å². The van der Waals surface area contributed by atoms with E-state index < -0.39 is 0 Å². The molecular formula is C20H34N4O. The molecule has 0 unspecified atom stereocenters. The third-order valence-corrected chi connectivity index (χ3v) is 4.27. The smallest absolute Gasteiger partial charge is 0.194 e. The Balaban J connectivity index is 1.76. The molecule has 25 heavy (non-hydrogen) atoms. The van der Waals surface area contributed by atoms with Crippen LogP contribution in [0.5, 0.6) is 0 Å². The van der Waals surface area contributed by atoms with E-state index in [9.17, 15) is 0 Å². The number of nitrogens with zero attached hydrogens (tertiary/aromatic N) is 3. The first-order valence-corrected chi connectivity index (χ1v) is 9.60. The van der Waals surface area contributed by atoms with Crippen molar-refractivity contribution in [1.29, 1.82) is 0 Å². The molecule has 0 amide bonds. The molecule has 1 saturated heterocycles. The summed E-state index contributed by atoms with van der Waals surface area (Å²) in [5, 5.41) is 3.43. The van der Waals surface area contributed by atoms with E-state index in [2.05, 4.69) is 66.2 Å². The fraction of sp³-hybridized carbons (Fsp3) is 0.650. The lowest BCUT2D eigenvalue weighted by molar-refractivity contribution is 0.0782. The fourth-order valence-corrected chi connectivity index (χ4v) is 2.95. The van der Waals surface area contributed by atoms with Crippen LogP contribution in [0.15, 0.2) is 35.3 Å². The first-order chi connectivity index (χ1) is 12.2. The number of rotatable bonds is 8. The molecule has 0 atom stereocenters. The van der Waals surface area contributed by atoms with Crippen molar-refractivity contribution in [2.24, 2.45) is 4.99 Å². The summed E-state index contributed by atoms with van der Waals surface area (Å²) in [4.78, 5) is 9.68. The Morgan fingerprint density at radius 2 is 1.88 bits per heavy atom. The van der Waals surface area contributed by atoms with Crippen molar-refractivity contribution in [3.63, 3.8) is 0 Å². The molecule has 1 aliphatic heterocycles. The van der Waals surface area contributed by atoms with Crippen LogP contribution in [-0.2, 0) is 11.3 Å². The number of nitrogens with one attached hydrogen (secondary N) is 1. The molecule has 5 nitrogen and oxygen atoms in total. The summed E-state index contributed by atoms with van der Waals surface area (Å²) in [5.74, 6) is 1.05. The molecule has 0 radical (unpaired) electrons. The van der Waals surface area contributed by atoms with Crippen molar-refractivity contribution >= 4 is 5.96 Å². The molecule has 0 spiro atoms. The topological polar surface area (TPSA) is 40.1 Å². The lowest BCUT2D eigenvalue weighted by atomic mass is 10.2. The van der Waals surface area contributed by atoms with E-state index in [1.54, 1.807) is 0 Å². The molecule has 1 N–H and O–H groups in total. The number of guanidine groups is 1. The molecule has 0 aromatic heterocycles. The molecule has 2 rings (SSSR count). The van der Waals surface area contributed by atoms with E-state index in [0.29, 0.717) is 6.10 Å². The van der Waals surface area contributed by atoms with Gasteiger partial charge in [-0.2, -0.15) is 0 Å². The van der Waals surface area contributed by atoms with Gasteiger partial charge >= 0.3 is 0 Å². The largest absolute Gasteiger partial charge is 0.379 e. The monoisotopic (exact) mass is 346 g/mol. The van der Waals surface area contributed by atoms with Gasteiger partial charge in [-0.05, 0) is 32.8 Å². The normalized spacial score (nSPS) is 16.5. The fourth-order valence-electron chi connectivity index (χ4n) is 2.95. The number of hydrogen-bond donors (Lipinski definition) is 1. The van der Waals surface area contributed by atoms with Crippen molar-refractivity contribution in [3.05, 3.63) is 35.9 Å². The summed E-state index contributed by atoms with van der Waals surface area (Å²) >= 11 is 0. The van der Waals surface area contributed by atoms with E-state index in [1.807, 2.05) is 0 Å². The zero-order valence-electron chi connectivity index (χ0n) is 16.1. The van der Waals surface area contributed by atoms with Crippen LogP contribution in [0.2, 0.25) is 0 Å². The minimum atomic E-state index is 0.301. The van der Waals surface area contributed by atoms with Crippen molar-refractivity contribution in [1.82, 2.24) is 15.1 Å². The molecule has 1 aromatic carbocycles. The van der Waals surface area contributed by atoms with Gasteiger partial charge in [-0.25, -0.2) is 0 Å². The van der Waals surface area contributed by atoms with Gasteiger partial charge in [-0.15, -0.1) is 0 Å². The SMILES string of the molecule is CCNC(=NCCCOC(C)C)N1CCN(Cc2ccccc2)CC1. The van der Waals surface area contributed by atoms with E-state index in [0.717, 1.165) is 64.8 Å². The molecule has 1 fully saturated rings. The number of ether oxygens (including phenoxy) is 1. The van der Waals surface area contributed by atoms with Crippen LogP contribution in [0, 0.1) is 0 Å². The first-order valence-electron chi connectivity index (χ1n) is 9.60. The molecular weight excluding hydrogens is 312 g/mol. The lowest BCUT2D eigenvalue weighted by Gasteiger charge is -2.36. The first kappa shape index (κ1) is 19.7. The van der Waals surface area contributed by atoms with Crippen molar-refractivity contribution in [3.8, 4) is 0 Å². The molecule has 0 aliphatic carbocycles. The number of aliphatic imine (C=N–C) groups is 1. The lowest BCUT2D eigenvalue weighted by Crippen LogP contribution is -2.52.